The van der Waals surface area contributed by atoms with Gasteiger partial charge in [-0.25, -0.2) is 8.42 Å². The lowest BCUT2D eigenvalue weighted by Gasteiger charge is -2.16. The Bertz CT molecular complexity index is 818. The van der Waals surface area contributed by atoms with E-state index in [0.29, 0.717) is 38.2 Å². The number of nitrogens with zero attached hydrogens (tertiary/aromatic N) is 3. The van der Waals surface area contributed by atoms with Crippen LogP contribution in [0.5, 0.6) is 0 Å². The number of amides is 1. The van der Waals surface area contributed by atoms with Gasteiger partial charge in [0.15, 0.2) is 0 Å². The third-order valence-electron chi connectivity index (χ3n) is 4.13. The van der Waals surface area contributed by atoms with Gasteiger partial charge in [-0.2, -0.15) is 9.40 Å². The Morgan fingerprint density at radius 2 is 2.08 bits per heavy atom. The molecule has 8 nitrogen and oxygen atoms in total. The van der Waals surface area contributed by atoms with Crippen LogP contribution in [0.25, 0.3) is 0 Å². The molecule has 0 bridgehead atoms. The third kappa shape index (κ3) is 4.06. The molecule has 3 rings (SSSR count). The minimum absolute atomic E-state index is 0.116. The summed E-state index contributed by atoms with van der Waals surface area (Å²) in [6, 6.07) is 7.66. The first-order valence-electron chi connectivity index (χ1n) is 8.08. The number of benzene rings is 1. The number of carbonyl (C=O) groups is 1. The topological polar surface area (TPSA) is 110 Å². The highest BCUT2D eigenvalue weighted by atomic mass is 32.2. The molecule has 1 unspecified atom stereocenters. The smallest absolute Gasteiger partial charge is 0.251 e. The molecule has 3 N–H and O–H groups in total. The van der Waals surface area contributed by atoms with E-state index >= 15 is 0 Å². The number of hydrogen-bond acceptors (Lipinski definition) is 5. The second kappa shape index (κ2) is 7.34. The minimum atomic E-state index is -3.55. The van der Waals surface area contributed by atoms with Crippen LogP contribution < -0.4 is 11.1 Å². The molecule has 1 aromatic carbocycles. The molecule has 1 aliphatic heterocycles. The van der Waals surface area contributed by atoms with Crippen molar-refractivity contribution in [3.05, 3.63) is 48.3 Å². The van der Waals surface area contributed by atoms with Crippen molar-refractivity contribution in [3.63, 3.8) is 0 Å². The lowest BCUT2D eigenvalue weighted by atomic mass is 10.2. The van der Waals surface area contributed by atoms with Crippen LogP contribution in [0.3, 0.4) is 0 Å². The summed E-state index contributed by atoms with van der Waals surface area (Å²) >= 11 is 0. The van der Waals surface area contributed by atoms with Gasteiger partial charge in [0.05, 0.1) is 11.4 Å². The highest BCUT2D eigenvalue weighted by Crippen LogP contribution is 2.20. The standard InChI is InChI=1S/C16H21N5O3S/c17-14-6-10-21(12-14)25(23,24)15-4-2-13(3-5-15)16(22)18-8-11-20-9-1-7-19-20/h1-5,7,9,14H,6,8,10-12,17H2,(H,18,22). The van der Waals surface area contributed by atoms with E-state index in [-0.39, 0.29) is 16.8 Å². The van der Waals surface area contributed by atoms with Gasteiger partial charge in [0, 0.05) is 43.6 Å². The van der Waals surface area contributed by atoms with Crippen LogP contribution >= 0.6 is 0 Å². The van der Waals surface area contributed by atoms with Gasteiger partial charge < -0.3 is 11.1 Å². The summed E-state index contributed by atoms with van der Waals surface area (Å²) in [4.78, 5) is 12.3. The van der Waals surface area contributed by atoms with Crippen molar-refractivity contribution in [1.82, 2.24) is 19.4 Å². The van der Waals surface area contributed by atoms with E-state index in [9.17, 15) is 13.2 Å². The normalized spacial score (nSPS) is 18.4. The number of nitrogens with two attached hydrogens (primary N) is 1. The maximum absolute atomic E-state index is 12.5. The summed E-state index contributed by atoms with van der Waals surface area (Å²) in [6.45, 7) is 1.77. The van der Waals surface area contributed by atoms with Crippen molar-refractivity contribution in [3.8, 4) is 0 Å². The number of aromatic nitrogens is 2. The van der Waals surface area contributed by atoms with E-state index in [1.165, 1.54) is 28.6 Å². The number of rotatable bonds is 6. The summed E-state index contributed by atoms with van der Waals surface area (Å²) in [5.41, 5.74) is 6.19. The largest absolute Gasteiger partial charge is 0.350 e. The second-order valence-electron chi connectivity index (χ2n) is 5.96. The molecule has 0 radical (unpaired) electrons. The van der Waals surface area contributed by atoms with Gasteiger partial charge >= 0.3 is 0 Å². The van der Waals surface area contributed by atoms with Crippen molar-refractivity contribution in [2.24, 2.45) is 5.73 Å². The van der Waals surface area contributed by atoms with Crippen LogP contribution in [-0.4, -0.2) is 54.1 Å². The molecule has 0 spiro atoms. The van der Waals surface area contributed by atoms with E-state index in [4.69, 9.17) is 5.73 Å². The van der Waals surface area contributed by atoms with E-state index < -0.39 is 10.0 Å². The molecule has 9 heteroatoms. The highest BCUT2D eigenvalue weighted by molar-refractivity contribution is 7.89. The van der Waals surface area contributed by atoms with Gasteiger partial charge in [-0.1, -0.05) is 0 Å². The molecular formula is C16H21N5O3S. The Balaban J connectivity index is 1.60. The van der Waals surface area contributed by atoms with E-state index in [0.717, 1.165) is 0 Å². The van der Waals surface area contributed by atoms with Crippen molar-refractivity contribution < 1.29 is 13.2 Å². The van der Waals surface area contributed by atoms with Crippen LogP contribution in [0.1, 0.15) is 16.8 Å². The van der Waals surface area contributed by atoms with Crippen molar-refractivity contribution in [2.45, 2.75) is 23.9 Å². The molecule has 0 aliphatic carbocycles. The molecule has 1 aliphatic rings. The Kier molecular flexibility index (Phi) is 5.16. The summed E-state index contributed by atoms with van der Waals surface area (Å²) in [5.74, 6) is -0.251. The van der Waals surface area contributed by atoms with E-state index in [1.54, 1.807) is 10.9 Å². The fraction of sp³-hybridized carbons (Fsp3) is 0.375. The quantitative estimate of drug-likeness (QED) is 0.753. The van der Waals surface area contributed by atoms with Gasteiger partial charge in [-0.15, -0.1) is 0 Å². The number of hydrogen-bond donors (Lipinski definition) is 2. The van der Waals surface area contributed by atoms with E-state index in [1.807, 2.05) is 12.3 Å². The first-order chi connectivity index (χ1) is 12.0. The van der Waals surface area contributed by atoms with Crippen molar-refractivity contribution >= 4 is 15.9 Å². The zero-order valence-electron chi connectivity index (χ0n) is 13.7. The molecule has 134 valence electrons. The lowest BCUT2D eigenvalue weighted by Crippen LogP contribution is -2.32. The van der Waals surface area contributed by atoms with Gasteiger partial charge in [-0.05, 0) is 36.8 Å². The fourth-order valence-corrected chi connectivity index (χ4v) is 4.23. The van der Waals surface area contributed by atoms with E-state index in [2.05, 4.69) is 10.4 Å². The van der Waals surface area contributed by atoms with Gasteiger partial charge in [0.25, 0.3) is 5.91 Å². The predicted molar refractivity (Wildman–Crippen MR) is 92.4 cm³/mol. The summed E-state index contributed by atoms with van der Waals surface area (Å²) in [7, 11) is -3.55. The lowest BCUT2D eigenvalue weighted by molar-refractivity contribution is 0.0952. The number of carbonyl (C=O) groups excluding carboxylic acids is 1. The average Bonchev–Trinajstić information content (AvgIpc) is 3.27. The SMILES string of the molecule is NC1CCN(S(=O)(=O)c2ccc(C(=O)NCCn3cccn3)cc2)C1. The number of nitrogens with one attached hydrogen (secondary N) is 1. The number of sulfonamides is 1. The molecule has 25 heavy (non-hydrogen) atoms. The maximum Gasteiger partial charge on any atom is 0.251 e. The third-order valence-corrected chi connectivity index (χ3v) is 6.01. The van der Waals surface area contributed by atoms with Crippen LogP contribution in [0, 0.1) is 0 Å². The Hall–Kier alpha value is -2.23. The predicted octanol–water partition coefficient (Wildman–Crippen LogP) is 0.0348. The molecule has 1 amide bonds. The highest BCUT2D eigenvalue weighted by Gasteiger charge is 2.30. The van der Waals surface area contributed by atoms with Crippen LogP contribution in [-0.2, 0) is 16.6 Å². The molecule has 0 saturated carbocycles. The van der Waals surface area contributed by atoms with Gasteiger partial charge in [0.1, 0.15) is 0 Å². The molecule has 1 atom stereocenters. The molecular weight excluding hydrogens is 342 g/mol. The molecule has 1 fully saturated rings. The monoisotopic (exact) mass is 363 g/mol. The van der Waals surface area contributed by atoms with Gasteiger partial charge in [-0.3, -0.25) is 9.48 Å². The Morgan fingerprint density at radius 1 is 1.32 bits per heavy atom. The Labute approximate surface area is 146 Å². The molecule has 2 aromatic rings. The zero-order chi connectivity index (χ0) is 17.9. The minimum Gasteiger partial charge on any atom is -0.350 e. The van der Waals surface area contributed by atoms with Crippen LogP contribution in [0.2, 0.25) is 0 Å². The fourth-order valence-electron chi connectivity index (χ4n) is 2.72. The summed E-state index contributed by atoms with van der Waals surface area (Å²) < 4.78 is 28.2. The van der Waals surface area contributed by atoms with Crippen LogP contribution in [0.15, 0.2) is 47.6 Å². The van der Waals surface area contributed by atoms with Crippen LogP contribution in [0.4, 0.5) is 0 Å². The molecule has 1 saturated heterocycles. The first kappa shape index (κ1) is 17.6. The second-order valence-corrected chi connectivity index (χ2v) is 7.90. The molecule has 1 aromatic heterocycles. The average molecular weight is 363 g/mol. The molecule has 2 heterocycles. The zero-order valence-corrected chi connectivity index (χ0v) is 14.5. The van der Waals surface area contributed by atoms with Crippen molar-refractivity contribution in [1.29, 1.82) is 0 Å². The summed E-state index contributed by atoms with van der Waals surface area (Å²) in [5, 5.41) is 6.83. The van der Waals surface area contributed by atoms with Crippen molar-refractivity contribution in [2.75, 3.05) is 19.6 Å². The Morgan fingerprint density at radius 3 is 2.68 bits per heavy atom. The maximum atomic E-state index is 12.5. The summed E-state index contributed by atoms with van der Waals surface area (Å²) in [6.07, 6.45) is 4.15. The van der Waals surface area contributed by atoms with Gasteiger partial charge in [0.2, 0.25) is 10.0 Å². The first-order valence-corrected chi connectivity index (χ1v) is 9.52.